The molecule has 0 saturated carbocycles. The van der Waals surface area contributed by atoms with E-state index in [9.17, 15) is 0 Å². The van der Waals surface area contributed by atoms with Crippen LogP contribution in [0.15, 0.2) is 218 Å². The quantitative estimate of drug-likeness (QED) is 0.123. The Morgan fingerprint density at radius 1 is 0.232 bits per heavy atom. The highest BCUT2D eigenvalue weighted by atomic mass is 14.4. The highest BCUT2D eigenvalue weighted by molar-refractivity contribution is 6.30. The van der Waals surface area contributed by atoms with Crippen molar-refractivity contribution in [3.05, 3.63) is 230 Å². The van der Waals surface area contributed by atoms with E-state index in [1.807, 2.05) is 0 Å². The zero-order chi connectivity index (χ0) is 45.3. The molecule has 0 amide bonds. The van der Waals surface area contributed by atoms with Crippen molar-refractivity contribution in [2.24, 2.45) is 0 Å². The summed E-state index contributed by atoms with van der Waals surface area (Å²) in [5.41, 5.74) is 23.4. The van der Waals surface area contributed by atoms with Gasteiger partial charge in [-0.05, 0) is 189 Å². The molecule has 0 heterocycles. The van der Waals surface area contributed by atoms with Gasteiger partial charge in [0.15, 0.2) is 0 Å². The highest BCUT2D eigenvalue weighted by Gasteiger charge is 2.37. The summed E-state index contributed by atoms with van der Waals surface area (Å²) in [6, 6.07) is 83.5. The Kier molecular flexibility index (Phi) is 7.24. The van der Waals surface area contributed by atoms with Crippen LogP contribution in [0, 0.1) is 0 Å². The largest absolute Gasteiger partial charge is 0.0619 e. The van der Waals surface area contributed by atoms with Gasteiger partial charge >= 0.3 is 0 Å². The van der Waals surface area contributed by atoms with Crippen molar-refractivity contribution in [2.75, 3.05) is 0 Å². The van der Waals surface area contributed by atoms with E-state index in [0.29, 0.717) is 0 Å². The molecule has 13 aromatic carbocycles. The summed E-state index contributed by atoms with van der Waals surface area (Å²) in [5.74, 6) is 0. The first-order valence-corrected chi connectivity index (χ1v) is 24.4. The van der Waals surface area contributed by atoms with Crippen LogP contribution in [-0.4, -0.2) is 0 Å². The second kappa shape index (κ2) is 13.3. The van der Waals surface area contributed by atoms with Crippen LogP contribution in [0.4, 0.5) is 0 Å². The Hall–Kier alpha value is -8.58. The van der Waals surface area contributed by atoms with Gasteiger partial charge in [-0.3, -0.25) is 0 Å². The van der Waals surface area contributed by atoms with Gasteiger partial charge in [-0.1, -0.05) is 208 Å². The summed E-state index contributed by atoms with van der Waals surface area (Å²) in [6.45, 7) is 4.84. The SMILES string of the molecule is CC1(C)c2ccccc2-c2cc3c(-c4ccc5c6c(cccc46)-c4ccccc4-5)c4ccc(-c5cc6ccccc6c6ccccc56)cc4c(-c4ccc5c6c(cccc46)-c4ccccc4-5)c3cc21. The lowest BCUT2D eigenvalue weighted by molar-refractivity contribution is 0.661. The van der Waals surface area contributed by atoms with Gasteiger partial charge in [0.25, 0.3) is 0 Å². The van der Waals surface area contributed by atoms with E-state index in [2.05, 4.69) is 232 Å². The number of hydrogen-bond donors (Lipinski definition) is 0. The summed E-state index contributed by atoms with van der Waals surface area (Å²) in [7, 11) is 0. The maximum Gasteiger partial charge on any atom is 0.0159 e. The third kappa shape index (κ3) is 4.83. The molecule has 0 nitrogen and oxygen atoms in total. The first-order chi connectivity index (χ1) is 34.0. The molecule has 0 unspecified atom stereocenters. The van der Waals surface area contributed by atoms with Crippen LogP contribution >= 0.6 is 0 Å². The minimum atomic E-state index is -0.185. The van der Waals surface area contributed by atoms with Crippen molar-refractivity contribution in [3.8, 4) is 89.0 Å². The zero-order valence-electron chi connectivity index (χ0n) is 38.3. The molecule has 0 radical (unpaired) electrons. The summed E-state index contributed by atoms with van der Waals surface area (Å²) < 4.78 is 0. The maximum absolute atomic E-state index is 2.61. The van der Waals surface area contributed by atoms with Crippen molar-refractivity contribution >= 4 is 64.6 Å². The Labute approximate surface area is 400 Å². The second-order valence-corrected chi connectivity index (χ2v) is 20.2. The molecule has 69 heavy (non-hydrogen) atoms. The van der Waals surface area contributed by atoms with Gasteiger partial charge in [-0.25, -0.2) is 0 Å². The standard InChI is InChI=1S/C69H42/c1-69(2)63-28-12-11-23-48(63)59-37-61-62(38-64(59)69)68(56-34-32-54-46-21-9-7-19-44(46)50-25-14-27-52(56)66(50)54)60-36-40(58-35-39-15-3-4-16-41(39)42-17-5-10-22-47(42)58)29-30-57(60)67(61)55-33-31-53-45-20-8-6-18-43(45)49-24-13-26-51(55)65(49)53/h3-38H,1-2H3. The molecule has 0 aliphatic heterocycles. The molecule has 0 spiro atoms. The van der Waals surface area contributed by atoms with Gasteiger partial charge in [0.2, 0.25) is 0 Å². The van der Waals surface area contributed by atoms with Crippen molar-refractivity contribution in [1.29, 1.82) is 0 Å². The predicted molar refractivity (Wildman–Crippen MR) is 294 cm³/mol. The third-order valence-corrected chi connectivity index (χ3v) is 16.5. The first-order valence-electron chi connectivity index (χ1n) is 24.4. The number of hydrogen-bond acceptors (Lipinski definition) is 0. The molecule has 318 valence electrons. The zero-order valence-corrected chi connectivity index (χ0v) is 38.3. The number of rotatable bonds is 3. The van der Waals surface area contributed by atoms with E-state index in [-0.39, 0.29) is 5.41 Å². The highest BCUT2D eigenvalue weighted by Crippen LogP contribution is 2.57. The fourth-order valence-corrected chi connectivity index (χ4v) is 13.5. The molecule has 0 fully saturated rings. The molecular weight excluding hydrogens is 829 g/mol. The van der Waals surface area contributed by atoms with Crippen LogP contribution < -0.4 is 0 Å². The Balaban J connectivity index is 1.10. The van der Waals surface area contributed by atoms with Gasteiger partial charge in [-0.15, -0.1) is 0 Å². The summed E-state index contributed by atoms with van der Waals surface area (Å²) in [6.07, 6.45) is 0. The molecule has 3 aliphatic rings. The predicted octanol–water partition coefficient (Wildman–Crippen LogP) is 19.2. The van der Waals surface area contributed by atoms with Crippen molar-refractivity contribution in [1.82, 2.24) is 0 Å². The Morgan fingerprint density at radius 3 is 1.35 bits per heavy atom. The second-order valence-electron chi connectivity index (χ2n) is 20.2. The number of fused-ring (bicyclic) bond motifs is 14. The molecular formula is C69H42. The average molecular weight is 871 g/mol. The molecule has 0 heteroatoms. The van der Waals surface area contributed by atoms with Gasteiger partial charge in [0.05, 0.1) is 0 Å². The summed E-state index contributed by atoms with van der Waals surface area (Å²) in [5, 5.41) is 15.5. The van der Waals surface area contributed by atoms with Gasteiger partial charge < -0.3 is 0 Å². The van der Waals surface area contributed by atoms with E-state index < -0.39 is 0 Å². The summed E-state index contributed by atoms with van der Waals surface area (Å²) >= 11 is 0. The maximum atomic E-state index is 2.61. The van der Waals surface area contributed by atoms with Crippen molar-refractivity contribution in [3.63, 3.8) is 0 Å². The molecule has 0 N–H and O–H groups in total. The first kappa shape index (κ1) is 37.5. The Morgan fingerprint density at radius 2 is 0.696 bits per heavy atom. The topological polar surface area (TPSA) is 0 Å². The summed E-state index contributed by atoms with van der Waals surface area (Å²) in [4.78, 5) is 0. The lowest BCUT2D eigenvalue weighted by Crippen LogP contribution is -2.14. The molecule has 0 aromatic heterocycles. The molecule has 0 atom stereocenters. The van der Waals surface area contributed by atoms with E-state index in [0.717, 1.165) is 0 Å². The minimum absolute atomic E-state index is 0.185. The fraction of sp³-hybridized carbons (Fsp3) is 0.0435. The molecule has 0 saturated heterocycles. The van der Waals surface area contributed by atoms with Gasteiger partial charge in [0, 0.05) is 5.41 Å². The third-order valence-electron chi connectivity index (χ3n) is 16.5. The van der Waals surface area contributed by atoms with Crippen molar-refractivity contribution < 1.29 is 0 Å². The lowest BCUT2D eigenvalue weighted by atomic mass is 9.78. The van der Waals surface area contributed by atoms with Crippen LogP contribution in [0.3, 0.4) is 0 Å². The van der Waals surface area contributed by atoms with Crippen LogP contribution in [-0.2, 0) is 5.41 Å². The monoisotopic (exact) mass is 870 g/mol. The van der Waals surface area contributed by atoms with E-state index in [1.54, 1.807) is 0 Å². The molecule has 0 bridgehead atoms. The Bertz CT molecular complexity index is 4440. The van der Waals surface area contributed by atoms with E-state index in [1.165, 1.54) is 165 Å². The van der Waals surface area contributed by atoms with Crippen LogP contribution in [0.5, 0.6) is 0 Å². The van der Waals surface area contributed by atoms with Crippen LogP contribution in [0.2, 0.25) is 0 Å². The lowest BCUT2D eigenvalue weighted by Gasteiger charge is -2.25. The van der Waals surface area contributed by atoms with E-state index >= 15 is 0 Å². The van der Waals surface area contributed by atoms with Crippen molar-refractivity contribution in [2.45, 2.75) is 19.3 Å². The van der Waals surface area contributed by atoms with Gasteiger partial charge in [-0.2, -0.15) is 0 Å². The normalized spacial score (nSPS) is 13.5. The van der Waals surface area contributed by atoms with Gasteiger partial charge in [0.1, 0.15) is 0 Å². The smallest absolute Gasteiger partial charge is 0.0159 e. The van der Waals surface area contributed by atoms with Crippen LogP contribution in [0.25, 0.3) is 154 Å². The van der Waals surface area contributed by atoms with Crippen LogP contribution in [0.1, 0.15) is 25.0 Å². The molecule has 16 rings (SSSR count). The molecule has 3 aliphatic carbocycles. The molecule has 13 aromatic rings. The minimum Gasteiger partial charge on any atom is -0.0619 e. The van der Waals surface area contributed by atoms with E-state index in [4.69, 9.17) is 0 Å². The number of benzene rings is 13. The fourth-order valence-electron chi connectivity index (χ4n) is 13.5. The average Bonchev–Trinajstić information content (AvgIpc) is 3.99.